The van der Waals surface area contributed by atoms with Crippen LogP contribution in [0.25, 0.3) is 0 Å². The van der Waals surface area contributed by atoms with Gasteiger partial charge in [0, 0.05) is 9.50 Å². The molecule has 2 unspecified atom stereocenters. The predicted molar refractivity (Wildman–Crippen MR) is 57.0 cm³/mol. The number of benzene rings is 1. The van der Waals surface area contributed by atoms with Gasteiger partial charge in [-0.05, 0) is 35.6 Å². The Bertz CT molecular complexity index is 351. The summed E-state index contributed by atoms with van der Waals surface area (Å²) >= 11 is 9.36. The maximum absolute atomic E-state index is 9.82. The highest BCUT2D eigenvalue weighted by Crippen LogP contribution is 2.40. The fourth-order valence-electron chi connectivity index (χ4n) is 1.84. The standard InChI is InChI=1S/C10H10BrClO/c1-5-2-7-8(10(5)13)3-6(12)4-9(7)11/h3-5,10,13H,2H2,1H3. The third-order valence-corrected chi connectivity index (χ3v) is 3.50. The molecule has 0 aliphatic heterocycles. The minimum absolute atomic E-state index is 0.296. The number of halogens is 2. The average molecular weight is 262 g/mol. The van der Waals surface area contributed by atoms with Crippen LogP contribution in [0.2, 0.25) is 5.02 Å². The Morgan fingerprint density at radius 3 is 2.92 bits per heavy atom. The van der Waals surface area contributed by atoms with E-state index in [1.54, 1.807) is 0 Å². The van der Waals surface area contributed by atoms with E-state index < -0.39 is 0 Å². The number of rotatable bonds is 0. The van der Waals surface area contributed by atoms with Crippen LogP contribution in [0, 0.1) is 5.92 Å². The first-order valence-electron chi connectivity index (χ1n) is 4.25. The maximum atomic E-state index is 9.82. The highest BCUT2D eigenvalue weighted by molar-refractivity contribution is 9.10. The number of hydrogen-bond donors (Lipinski definition) is 1. The summed E-state index contributed by atoms with van der Waals surface area (Å²) in [5.74, 6) is 0.296. The molecule has 1 aliphatic rings. The Kier molecular flexibility index (Phi) is 2.39. The molecule has 0 spiro atoms. The largest absolute Gasteiger partial charge is 0.388 e. The van der Waals surface area contributed by atoms with Gasteiger partial charge in [0.05, 0.1) is 6.10 Å². The molecule has 0 radical (unpaired) electrons. The third kappa shape index (κ3) is 1.51. The molecule has 0 saturated carbocycles. The van der Waals surface area contributed by atoms with E-state index in [-0.39, 0.29) is 6.10 Å². The molecule has 0 aromatic heterocycles. The van der Waals surface area contributed by atoms with Crippen molar-refractivity contribution >= 4 is 27.5 Å². The molecule has 0 amide bonds. The van der Waals surface area contributed by atoms with Gasteiger partial charge in [-0.15, -0.1) is 0 Å². The zero-order chi connectivity index (χ0) is 9.59. The lowest BCUT2D eigenvalue weighted by Gasteiger charge is -2.08. The van der Waals surface area contributed by atoms with Crippen molar-refractivity contribution in [1.29, 1.82) is 0 Å². The van der Waals surface area contributed by atoms with Crippen LogP contribution in [-0.2, 0) is 6.42 Å². The smallest absolute Gasteiger partial charge is 0.0822 e. The first-order valence-corrected chi connectivity index (χ1v) is 5.42. The van der Waals surface area contributed by atoms with Gasteiger partial charge in [-0.25, -0.2) is 0 Å². The highest BCUT2D eigenvalue weighted by atomic mass is 79.9. The summed E-state index contributed by atoms with van der Waals surface area (Å²) in [5.41, 5.74) is 2.18. The minimum atomic E-state index is -0.356. The number of fused-ring (bicyclic) bond motifs is 1. The number of hydrogen-bond acceptors (Lipinski definition) is 1. The quantitative estimate of drug-likeness (QED) is 0.759. The lowest BCUT2D eigenvalue weighted by atomic mass is 10.1. The van der Waals surface area contributed by atoms with Crippen molar-refractivity contribution in [2.24, 2.45) is 5.92 Å². The van der Waals surface area contributed by atoms with Crippen molar-refractivity contribution in [2.45, 2.75) is 19.4 Å². The second kappa shape index (κ2) is 3.26. The van der Waals surface area contributed by atoms with Gasteiger partial charge in [0.25, 0.3) is 0 Å². The Morgan fingerprint density at radius 1 is 1.54 bits per heavy atom. The van der Waals surface area contributed by atoms with Gasteiger partial charge in [0.2, 0.25) is 0 Å². The van der Waals surface area contributed by atoms with Crippen LogP contribution in [0.1, 0.15) is 24.2 Å². The summed E-state index contributed by atoms with van der Waals surface area (Å²) < 4.78 is 1.01. The Hall–Kier alpha value is -0.0500. The maximum Gasteiger partial charge on any atom is 0.0822 e. The lowest BCUT2D eigenvalue weighted by Crippen LogP contribution is -2.00. The molecule has 0 fully saturated rings. The second-order valence-corrected chi connectivity index (χ2v) is 4.87. The molecular weight excluding hydrogens is 251 g/mol. The summed E-state index contributed by atoms with van der Waals surface area (Å²) in [5, 5.41) is 10.5. The summed E-state index contributed by atoms with van der Waals surface area (Å²) in [6.45, 7) is 2.05. The lowest BCUT2D eigenvalue weighted by molar-refractivity contribution is 0.133. The fraction of sp³-hybridized carbons (Fsp3) is 0.400. The summed E-state index contributed by atoms with van der Waals surface area (Å²) in [7, 11) is 0. The zero-order valence-corrected chi connectivity index (χ0v) is 9.56. The van der Waals surface area contributed by atoms with Crippen molar-refractivity contribution in [3.8, 4) is 0 Å². The molecule has 3 heteroatoms. The topological polar surface area (TPSA) is 20.2 Å². The molecule has 1 aliphatic carbocycles. The molecule has 0 bridgehead atoms. The van der Waals surface area contributed by atoms with Gasteiger partial charge in [0.15, 0.2) is 0 Å². The van der Waals surface area contributed by atoms with E-state index in [2.05, 4.69) is 15.9 Å². The molecule has 2 atom stereocenters. The van der Waals surface area contributed by atoms with Gasteiger partial charge in [0.1, 0.15) is 0 Å². The summed E-state index contributed by atoms with van der Waals surface area (Å²) in [6.07, 6.45) is 0.568. The van der Waals surface area contributed by atoms with Gasteiger partial charge in [-0.1, -0.05) is 34.5 Å². The van der Waals surface area contributed by atoms with Crippen molar-refractivity contribution in [1.82, 2.24) is 0 Å². The molecule has 1 nitrogen and oxygen atoms in total. The molecule has 1 N–H and O–H groups in total. The normalized spacial score (nSPS) is 26.2. The predicted octanol–water partition coefficient (Wildman–Crippen LogP) is 3.33. The van der Waals surface area contributed by atoms with Crippen LogP contribution in [0.15, 0.2) is 16.6 Å². The first-order chi connectivity index (χ1) is 6.09. The van der Waals surface area contributed by atoms with Crippen LogP contribution in [-0.4, -0.2) is 5.11 Å². The summed E-state index contributed by atoms with van der Waals surface area (Å²) in [6, 6.07) is 3.74. The Balaban J connectivity index is 2.57. The van der Waals surface area contributed by atoms with Crippen molar-refractivity contribution in [3.05, 3.63) is 32.8 Å². The molecule has 1 aromatic carbocycles. The van der Waals surface area contributed by atoms with Gasteiger partial charge in [-0.2, -0.15) is 0 Å². The highest BCUT2D eigenvalue weighted by Gasteiger charge is 2.29. The Labute approximate surface area is 90.9 Å². The molecule has 70 valence electrons. The fourth-order valence-corrected chi connectivity index (χ4v) is 2.84. The molecule has 13 heavy (non-hydrogen) atoms. The first kappa shape index (κ1) is 9.50. The van der Waals surface area contributed by atoms with E-state index in [1.807, 2.05) is 19.1 Å². The van der Waals surface area contributed by atoms with Crippen LogP contribution >= 0.6 is 27.5 Å². The number of aliphatic hydroxyl groups excluding tert-OH is 1. The van der Waals surface area contributed by atoms with Crippen LogP contribution in [0.5, 0.6) is 0 Å². The summed E-state index contributed by atoms with van der Waals surface area (Å²) in [4.78, 5) is 0. The van der Waals surface area contributed by atoms with Gasteiger partial charge < -0.3 is 5.11 Å². The van der Waals surface area contributed by atoms with Crippen LogP contribution in [0.3, 0.4) is 0 Å². The molecule has 2 rings (SSSR count). The molecular formula is C10H10BrClO. The average Bonchev–Trinajstić information content (AvgIpc) is 2.32. The molecule has 0 saturated heterocycles. The van der Waals surface area contributed by atoms with E-state index in [0.717, 1.165) is 16.5 Å². The van der Waals surface area contributed by atoms with Gasteiger partial charge in [-0.3, -0.25) is 0 Å². The van der Waals surface area contributed by atoms with Crippen LogP contribution in [0.4, 0.5) is 0 Å². The molecule has 1 aromatic rings. The van der Waals surface area contributed by atoms with Crippen molar-refractivity contribution < 1.29 is 5.11 Å². The monoisotopic (exact) mass is 260 g/mol. The van der Waals surface area contributed by atoms with E-state index in [0.29, 0.717) is 10.9 Å². The van der Waals surface area contributed by atoms with Crippen molar-refractivity contribution in [3.63, 3.8) is 0 Å². The van der Waals surface area contributed by atoms with E-state index in [1.165, 1.54) is 5.56 Å². The van der Waals surface area contributed by atoms with Crippen molar-refractivity contribution in [2.75, 3.05) is 0 Å². The van der Waals surface area contributed by atoms with Gasteiger partial charge >= 0.3 is 0 Å². The van der Waals surface area contributed by atoms with Crippen LogP contribution < -0.4 is 0 Å². The Morgan fingerprint density at radius 2 is 2.23 bits per heavy atom. The van der Waals surface area contributed by atoms with E-state index >= 15 is 0 Å². The van der Waals surface area contributed by atoms with E-state index in [4.69, 9.17) is 11.6 Å². The second-order valence-electron chi connectivity index (χ2n) is 3.58. The van der Waals surface area contributed by atoms with E-state index in [9.17, 15) is 5.11 Å². The number of aliphatic hydroxyl groups is 1. The zero-order valence-electron chi connectivity index (χ0n) is 7.22. The SMILES string of the molecule is CC1Cc2c(Br)cc(Cl)cc2C1O. The third-order valence-electron chi connectivity index (χ3n) is 2.58. The molecule has 0 heterocycles. The minimum Gasteiger partial charge on any atom is -0.388 e.